The number of anilines is 1. The number of hydrogen-bond donors (Lipinski definition) is 4. The van der Waals surface area contributed by atoms with Gasteiger partial charge in [0.2, 0.25) is 5.91 Å². The van der Waals surface area contributed by atoms with Crippen molar-refractivity contribution in [2.45, 2.75) is 27.2 Å². The molecule has 8 heteroatoms. The monoisotopic (exact) mass is 494 g/mol. The summed E-state index contributed by atoms with van der Waals surface area (Å²) in [4.78, 5) is 24.3. The lowest BCUT2D eigenvalue weighted by molar-refractivity contribution is -0.121. The molecule has 0 aromatic carbocycles. The van der Waals surface area contributed by atoms with E-state index in [-0.39, 0.29) is 23.4 Å². The topological polar surface area (TPSA) is 134 Å². The van der Waals surface area contributed by atoms with E-state index in [4.69, 9.17) is 15.6 Å². The quantitative estimate of drug-likeness (QED) is 0.171. The Morgan fingerprint density at radius 2 is 2.11 bits per heavy atom. The molecule has 0 aliphatic carbocycles. The van der Waals surface area contributed by atoms with Gasteiger partial charge in [0, 0.05) is 52.1 Å². The first-order valence-corrected chi connectivity index (χ1v) is 11.9. The summed E-state index contributed by atoms with van der Waals surface area (Å²) in [5, 5.41) is 12.7. The lowest BCUT2D eigenvalue weighted by Crippen LogP contribution is -2.22. The van der Waals surface area contributed by atoms with Gasteiger partial charge in [-0.15, -0.1) is 0 Å². The van der Waals surface area contributed by atoms with Crippen molar-refractivity contribution in [1.29, 1.82) is 5.41 Å². The fourth-order valence-electron chi connectivity index (χ4n) is 4.06. The molecule has 4 aromatic heterocycles. The number of nitrogens with zero attached hydrogens (tertiary/aromatic N) is 2. The number of carbonyl (C=O) groups is 1. The molecule has 4 aromatic rings. The number of rotatable bonds is 9. The van der Waals surface area contributed by atoms with Crippen molar-refractivity contribution >= 4 is 33.9 Å². The molecule has 37 heavy (non-hydrogen) atoms. The minimum Gasteiger partial charge on any atom is -0.472 e. The molecule has 0 fully saturated rings. The van der Waals surface area contributed by atoms with Crippen molar-refractivity contribution in [3.8, 4) is 11.3 Å². The highest BCUT2D eigenvalue weighted by Gasteiger charge is 2.17. The van der Waals surface area contributed by atoms with Gasteiger partial charge in [-0.1, -0.05) is 32.6 Å². The average molecular weight is 495 g/mol. The van der Waals surface area contributed by atoms with Crippen molar-refractivity contribution in [2.24, 2.45) is 5.92 Å². The third-order valence-electron chi connectivity index (χ3n) is 5.73. The summed E-state index contributed by atoms with van der Waals surface area (Å²) in [7, 11) is 0. The second-order valence-corrected chi connectivity index (χ2v) is 9.18. The van der Waals surface area contributed by atoms with E-state index < -0.39 is 0 Å². The molecule has 0 radical (unpaired) electrons. The van der Waals surface area contributed by atoms with Gasteiger partial charge in [-0.3, -0.25) is 15.2 Å². The third kappa shape index (κ3) is 5.75. The number of nitrogens with one attached hydrogen (secondary N) is 3. The van der Waals surface area contributed by atoms with E-state index in [1.165, 1.54) is 0 Å². The Kier molecular flexibility index (Phi) is 7.48. The van der Waals surface area contributed by atoms with Crippen LogP contribution in [0.2, 0.25) is 0 Å². The van der Waals surface area contributed by atoms with E-state index in [1.807, 2.05) is 57.2 Å². The molecule has 0 atom stereocenters. The van der Waals surface area contributed by atoms with Gasteiger partial charge in [0.1, 0.15) is 5.82 Å². The molecule has 5 N–H and O–H groups in total. The number of carbonyl (C=O) groups excluding carboxylic acids is 1. The molecule has 4 heterocycles. The highest BCUT2D eigenvalue weighted by molar-refractivity contribution is 6.15. The lowest BCUT2D eigenvalue weighted by Gasteiger charge is -2.11. The van der Waals surface area contributed by atoms with E-state index in [0.717, 1.165) is 33.3 Å². The van der Waals surface area contributed by atoms with E-state index >= 15 is 0 Å². The van der Waals surface area contributed by atoms with E-state index in [1.54, 1.807) is 31.0 Å². The summed E-state index contributed by atoms with van der Waals surface area (Å²) >= 11 is 0. The van der Waals surface area contributed by atoms with Crippen LogP contribution in [0.15, 0.2) is 84.1 Å². The number of hydrogen-bond acceptors (Lipinski definition) is 6. The van der Waals surface area contributed by atoms with Crippen molar-refractivity contribution in [2.75, 3.05) is 5.73 Å². The number of nitrogen functional groups attached to an aromatic ring is 1. The molecule has 8 nitrogen and oxygen atoms in total. The van der Waals surface area contributed by atoms with Crippen LogP contribution in [-0.4, -0.2) is 26.6 Å². The number of aromatic nitrogens is 3. The van der Waals surface area contributed by atoms with E-state index in [0.29, 0.717) is 23.4 Å². The molecule has 0 spiro atoms. The summed E-state index contributed by atoms with van der Waals surface area (Å²) in [5.41, 5.74) is 12.2. The maximum Gasteiger partial charge on any atom is 0.224 e. The Hall–Kier alpha value is -4.72. The minimum absolute atomic E-state index is 0.0392. The molecule has 0 saturated carbocycles. The van der Waals surface area contributed by atoms with Gasteiger partial charge in [0.15, 0.2) is 0 Å². The highest BCUT2D eigenvalue weighted by Crippen LogP contribution is 2.29. The first kappa shape index (κ1) is 25.4. The van der Waals surface area contributed by atoms with Gasteiger partial charge in [0.25, 0.3) is 0 Å². The Balaban J connectivity index is 1.68. The predicted octanol–water partition coefficient (Wildman–Crippen LogP) is 5.85. The van der Waals surface area contributed by atoms with Gasteiger partial charge >= 0.3 is 0 Å². The van der Waals surface area contributed by atoms with Crippen LogP contribution in [-0.2, 0) is 4.79 Å². The first-order chi connectivity index (χ1) is 17.8. The SMILES string of the molecule is C=C/C=C(\C=C(/C)NC(=O)CC(C)C)c1cnc(N)c(C(=N)c2cc3c(-c4ccoc4)nccc3[nH]2)c1. The molecular weight excluding hydrogens is 464 g/mol. The standard InChI is InChI=1S/C29H30N6O2/c1-5-6-19(12-18(4)34-26(36)11-17(2)3)21-13-23(29(31)33-15-21)27(30)25-14-22-24(35-25)7-9-32-28(22)20-8-10-37-16-20/h5-10,12-17,30,35H,1,11H2,2-4H3,(H2,31,33)(H,34,36)/b18-12+,19-6+,30-27?. The molecule has 4 rings (SSSR count). The Morgan fingerprint density at radius 1 is 1.30 bits per heavy atom. The molecule has 0 bridgehead atoms. The Labute approximate surface area is 215 Å². The average Bonchev–Trinajstić information content (AvgIpc) is 3.53. The molecule has 188 valence electrons. The number of H-pyrrole nitrogens is 1. The van der Waals surface area contributed by atoms with Gasteiger partial charge in [0.05, 0.1) is 29.6 Å². The van der Waals surface area contributed by atoms with Crippen LogP contribution in [0.1, 0.15) is 44.0 Å². The summed E-state index contributed by atoms with van der Waals surface area (Å²) in [6.07, 6.45) is 12.4. The third-order valence-corrected chi connectivity index (χ3v) is 5.73. The van der Waals surface area contributed by atoms with Crippen LogP contribution in [0.4, 0.5) is 5.82 Å². The zero-order chi connectivity index (χ0) is 26.5. The molecule has 0 aliphatic heterocycles. The predicted molar refractivity (Wildman–Crippen MR) is 148 cm³/mol. The number of aromatic amines is 1. The van der Waals surface area contributed by atoms with E-state index in [9.17, 15) is 4.79 Å². The number of allylic oxidation sites excluding steroid dienone is 5. The fraction of sp³-hybridized carbons (Fsp3) is 0.172. The van der Waals surface area contributed by atoms with E-state index in [2.05, 4.69) is 26.8 Å². The maximum atomic E-state index is 12.2. The molecular formula is C29H30N6O2. The van der Waals surface area contributed by atoms with Crippen LogP contribution >= 0.6 is 0 Å². The zero-order valence-electron chi connectivity index (χ0n) is 21.1. The smallest absolute Gasteiger partial charge is 0.224 e. The number of furan rings is 1. The van der Waals surface area contributed by atoms with Crippen LogP contribution in [0, 0.1) is 11.3 Å². The summed E-state index contributed by atoms with van der Waals surface area (Å²) in [5.74, 6) is 0.467. The number of pyridine rings is 2. The zero-order valence-corrected chi connectivity index (χ0v) is 21.1. The van der Waals surface area contributed by atoms with Crippen LogP contribution < -0.4 is 11.1 Å². The number of amides is 1. The maximum absolute atomic E-state index is 12.2. The second kappa shape index (κ2) is 10.9. The van der Waals surface area contributed by atoms with Gasteiger partial charge in [-0.25, -0.2) is 4.98 Å². The summed E-state index contributed by atoms with van der Waals surface area (Å²) < 4.78 is 5.22. The van der Waals surface area contributed by atoms with Gasteiger partial charge < -0.3 is 20.5 Å². The normalized spacial score (nSPS) is 12.2. The van der Waals surface area contributed by atoms with Gasteiger partial charge in [-0.05, 0) is 48.8 Å². The Morgan fingerprint density at radius 3 is 2.81 bits per heavy atom. The van der Waals surface area contributed by atoms with Crippen molar-refractivity contribution in [1.82, 2.24) is 20.3 Å². The number of nitrogens with two attached hydrogens (primary N) is 1. The van der Waals surface area contributed by atoms with Crippen LogP contribution in [0.25, 0.3) is 27.7 Å². The minimum atomic E-state index is -0.0392. The lowest BCUT2D eigenvalue weighted by atomic mass is 10.0. The van der Waals surface area contributed by atoms with Crippen LogP contribution in [0.5, 0.6) is 0 Å². The summed E-state index contributed by atoms with van der Waals surface area (Å²) in [6, 6.07) is 7.41. The largest absolute Gasteiger partial charge is 0.472 e. The fourth-order valence-corrected chi connectivity index (χ4v) is 4.06. The van der Waals surface area contributed by atoms with Gasteiger partial charge in [-0.2, -0.15) is 0 Å². The molecule has 0 saturated heterocycles. The molecule has 1 amide bonds. The number of fused-ring (bicyclic) bond motifs is 1. The first-order valence-electron chi connectivity index (χ1n) is 11.9. The summed E-state index contributed by atoms with van der Waals surface area (Å²) in [6.45, 7) is 9.64. The van der Waals surface area contributed by atoms with Crippen molar-refractivity contribution < 1.29 is 9.21 Å². The van der Waals surface area contributed by atoms with Crippen LogP contribution in [0.3, 0.4) is 0 Å². The van der Waals surface area contributed by atoms with Crippen molar-refractivity contribution in [3.63, 3.8) is 0 Å². The highest BCUT2D eigenvalue weighted by atomic mass is 16.3. The molecule has 0 unspecified atom stereocenters. The van der Waals surface area contributed by atoms with Crippen molar-refractivity contribution in [3.05, 3.63) is 96.5 Å². The second-order valence-electron chi connectivity index (χ2n) is 9.18. The molecule has 0 aliphatic rings. The Bertz CT molecular complexity index is 1520.